The van der Waals surface area contributed by atoms with Gasteiger partial charge in [-0.3, -0.25) is 9.36 Å². The fourth-order valence-electron chi connectivity index (χ4n) is 4.14. The Hall–Kier alpha value is -1.98. The van der Waals surface area contributed by atoms with Gasteiger partial charge in [0.1, 0.15) is 12.4 Å². The molecule has 4 heterocycles. The molecule has 2 aromatic heterocycles. The highest BCUT2D eigenvalue weighted by Gasteiger charge is 2.32. The predicted molar refractivity (Wildman–Crippen MR) is 113 cm³/mol. The molecular formula is C19H27N5O4S2. The lowest BCUT2D eigenvalue weighted by atomic mass is 10.2. The van der Waals surface area contributed by atoms with Gasteiger partial charge < -0.3 is 4.90 Å². The SMILES string of the molecule is Cc1cc(S(=O)(=O)N2CCN(C(=O)Cn3nc4n(c3=O)CCCCC4)CC2)c(C)s1. The van der Waals surface area contributed by atoms with Gasteiger partial charge in [-0.15, -0.1) is 11.3 Å². The van der Waals surface area contributed by atoms with Crippen molar-refractivity contribution in [3.63, 3.8) is 0 Å². The summed E-state index contributed by atoms with van der Waals surface area (Å²) in [6.45, 7) is 5.37. The van der Waals surface area contributed by atoms with Crippen molar-refractivity contribution in [1.29, 1.82) is 0 Å². The number of rotatable bonds is 4. The van der Waals surface area contributed by atoms with E-state index in [9.17, 15) is 18.0 Å². The molecule has 0 N–H and O–H groups in total. The van der Waals surface area contributed by atoms with Crippen LogP contribution in [0.3, 0.4) is 0 Å². The summed E-state index contributed by atoms with van der Waals surface area (Å²) < 4.78 is 30.3. The molecule has 164 valence electrons. The topological polar surface area (TPSA) is 97.5 Å². The summed E-state index contributed by atoms with van der Waals surface area (Å²) in [6.07, 6.45) is 3.80. The largest absolute Gasteiger partial charge is 0.346 e. The van der Waals surface area contributed by atoms with Crippen LogP contribution in [-0.2, 0) is 34.3 Å². The Kier molecular flexibility index (Phi) is 5.86. The summed E-state index contributed by atoms with van der Waals surface area (Å²) in [4.78, 5) is 29.0. The molecule has 1 fully saturated rings. The number of hydrogen-bond donors (Lipinski definition) is 0. The van der Waals surface area contributed by atoms with Crippen molar-refractivity contribution in [2.45, 2.75) is 57.5 Å². The molecule has 4 rings (SSSR count). The van der Waals surface area contributed by atoms with Gasteiger partial charge in [0.2, 0.25) is 15.9 Å². The van der Waals surface area contributed by atoms with Gasteiger partial charge in [-0.1, -0.05) is 6.42 Å². The molecule has 2 aromatic rings. The summed E-state index contributed by atoms with van der Waals surface area (Å²) in [5.74, 6) is 0.549. The molecule has 0 unspecified atom stereocenters. The highest BCUT2D eigenvalue weighted by Crippen LogP contribution is 2.28. The van der Waals surface area contributed by atoms with Crippen LogP contribution in [-0.4, -0.2) is 64.1 Å². The number of aromatic nitrogens is 3. The monoisotopic (exact) mass is 453 g/mol. The lowest BCUT2D eigenvalue weighted by Gasteiger charge is -2.33. The van der Waals surface area contributed by atoms with E-state index in [0.29, 0.717) is 24.5 Å². The third kappa shape index (κ3) is 3.97. The zero-order chi connectivity index (χ0) is 21.5. The molecule has 0 aliphatic carbocycles. The maximum absolute atomic E-state index is 12.9. The lowest BCUT2D eigenvalue weighted by Crippen LogP contribution is -2.51. The number of sulfonamides is 1. The van der Waals surface area contributed by atoms with E-state index >= 15 is 0 Å². The number of carbonyl (C=O) groups excluding carboxylic acids is 1. The number of carbonyl (C=O) groups is 1. The molecule has 11 heteroatoms. The Bertz CT molecular complexity index is 1110. The third-order valence-electron chi connectivity index (χ3n) is 5.77. The van der Waals surface area contributed by atoms with Crippen LogP contribution in [0.15, 0.2) is 15.8 Å². The second-order valence-corrected chi connectivity index (χ2v) is 11.2. The molecule has 0 saturated carbocycles. The van der Waals surface area contributed by atoms with Crippen LogP contribution in [0.4, 0.5) is 0 Å². The minimum Gasteiger partial charge on any atom is -0.338 e. The molecule has 0 aromatic carbocycles. The lowest BCUT2D eigenvalue weighted by molar-refractivity contribution is -0.133. The van der Waals surface area contributed by atoms with E-state index < -0.39 is 10.0 Å². The molecule has 30 heavy (non-hydrogen) atoms. The van der Waals surface area contributed by atoms with E-state index in [1.54, 1.807) is 15.5 Å². The molecule has 9 nitrogen and oxygen atoms in total. The smallest absolute Gasteiger partial charge is 0.338 e. The fraction of sp³-hybridized carbons (Fsp3) is 0.632. The Labute approximate surface area is 180 Å². The van der Waals surface area contributed by atoms with Gasteiger partial charge in [0.05, 0.1) is 4.90 Å². The fourth-order valence-corrected chi connectivity index (χ4v) is 7.08. The molecule has 0 atom stereocenters. The second-order valence-electron chi connectivity index (χ2n) is 7.88. The number of hydrogen-bond acceptors (Lipinski definition) is 6. The number of nitrogens with zero attached hydrogens (tertiary/aromatic N) is 5. The first-order chi connectivity index (χ1) is 14.3. The summed E-state index contributed by atoms with van der Waals surface area (Å²) in [5, 5.41) is 4.37. The molecule has 0 spiro atoms. The van der Waals surface area contributed by atoms with E-state index in [2.05, 4.69) is 5.10 Å². The van der Waals surface area contributed by atoms with Gasteiger partial charge in [-0.05, 0) is 32.8 Å². The second kappa shape index (κ2) is 8.27. The van der Waals surface area contributed by atoms with Gasteiger partial charge in [-0.25, -0.2) is 17.9 Å². The zero-order valence-electron chi connectivity index (χ0n) is 17.3. The van der Waals surface area contributed by atoms with Crippen LogP contribution in [0.5, 0.6) is 0 Å². The van der Waals surface area contributed by atoms with Crippen LogP contribution < -0.4 is 5.69 Å². The molecule has 1 amide bonds. The minimum atomic E-state index is -3.56. The Morgan fingerprint density at radius 2 is 1.83 bits per heavy atom. The highest BCUT2D eigenvalue weighted by molar-refractivity contribution is 7.89. The minimum absolute atomic E-state index is 0.103. The molecule has 2 aliphatic rings. The first-order valence-corrected chi connectivity index (χ1v) is 12.5. The molecule has 0 radical (unpaired) electrons. The van der Waals surface area contributed by atoms with Crippen molar-refractivity contribution in [2.75, 3.05) is 26.2 Å². The Morgan fingerprint density at radius 1 is 1.10 bits per heavy atom. The van der Waals surface area contributed by atoms with Gasteiger partial charge in [0.25, 0.3) is 0 Å². The van der Waals surface area contributed by atoms with Crippen LogP contribution in [0, 0.1) is 13.8 Å². The number of thiophene rings is 1. The van der Waals surface area contributed by atoms with Crippen LogP contribution in [0.1, 0.15) is 34.8 Å². The summed E-state index contributed by atoms with van der Waals surface area (Å²) in [5.41, 5.74) is -0.232. The average molecular weight is 454 g/mol. The maximum Gasteiger partial charge on any atom is 0.346 e. The van der Waals surface area contributed by atoms with E-state index in [4.69, 9.17) is 0 Å². The van der Waals surface area contributed by atoms with Crippen LogP contribution in [0.25, 0.3) is 0 Å². The number of amides is 1. The average Bonchev–Trinajstić information content (AvgIpc) is 3.09. The van der Waals surface area contributed by atoms with Crippen molar-refractivity contribution >= 4 is 27.3 Å². The van der Waals surface area contributed by atoms with Crippen molar-refractivity contribution < 1.29 is 13.2 Å². The standard InChI is InChI=1S/C19H27N5O4S2/c1-14-12-16(15(2)29-14)30(27,28)22-10-8-21(9-11-22)18(25)13-24-19(26)23-7-5-3-4-6-17(23)20-24/h12H,3-11,13H2,1-2H3. The van der Waals surface area contributed by atoms with Crippen molar-refractivity contribution in [2.24, 2.45) is 0 Å². The number of fused-ring (bicyclic) bond motifs is 1. The molecule has 1 saturated heterocycles. The predicted octanol–water partition coefficient (Wildman–Crippen LogP) is 0.983. The van der Waals surface area contributed by atoms with Crippen LogP contribution >= 0.6 is 11.3 Å². The normalized spacial score (nSPS) is 18.3. The van der Waals surface area contributed by atoms with E-state index in [1.165, 1.54) is 20.3 Å². The Morgan fingerprint density at radius 3 is 2.50 bits per heavy atom. The van der Waals surface area contributed by atoms with Gasteiger partial charge in [0.15, 0.2) is 0 Å². The summed E-state index contributed by atoms with van der Waals surface area (Å²) in [7, 11) is -3.56. The number of aryl methyl sites for hydroxylation is 3. The quantitative estimate of drug-likeness (QED) is 0.688. The molecule has 0 bridgehead atoms. The third-order valence-corrected chi connectivity index (χ3v) is 8.89. The van der Waals surface area contributed by atoms with Crippen LogP contribution in [0.2, 0.25) is 0 Å². The highest BCUT2D eigenvalue weighted by atomic mass is 32.2. The van der Waals surface area contributed by atoms with E-state index in [-0.39, 0.29) is 31.2 Å². The van der Waals surface area contributed by atoms with Gasteiger partial charge >= 0.3 is 5.69 Å². The summed E-state index contributed by atoms with van der Waals surface area (Å²) in [6, 6.07) is 1.71. The van der Waals surface area contributed by atoms with Crippen molar-refractivity contribution in [3.8, 4) is 0 Å². The molecule has 2 aliphatic heterocycles. The summed E-state index contributed by atoms with van der Waals surface area (Å²) >= 11 is 1.47. The number of piperazine rings is 1. The zero-order valence-corrected chi connectivity index (χ0v) is 19.0. The van der Waals surface area contributed by atoms with Crippen molar-refractivity contribution in [1.82, 2.24) is 23.6 Å². The first-order valence-electron chi connectivity index (χ1n) is 10.3. The van der Waals surface area contributed by atoms with Crippen molar-refractivity contribution in [3.05, 3.63) is 32.1 Å². The van der Waals surface area contributed by atoms with Gasteiger partial charge in [-0.2, -0.15) is 9.40 Å². The van der Waals surface area contributed by atoms with E-state index in [1.807, 2.05) is 13.8 Å². The maximum atomic E-state index is 12.9. The van der Waals surface area contributed by atoms with Gasteiger partial charge in [0, 0.05) is 48.9 Å². The Balaban J connectivity index is 1.40. The van der Waals surface area contributed by atoms with E-state index in [0.717, 1.165) is 41.3 Å². The first kappa shape index (κ1) is 21.3. The molecular weight excluding hydrogens is 426 g/mol.